The first-order valence-electron chi connectivity index (χ1n) is 17.2. The summed E-state index contributed by atoms with van der Waals surface area (Å²) in [5.74, 6) is 0.705. The summed E-state index contributed by atoms with van der Waals surface area (Å²) in [6.45, 7) is 4.89. The number of nitrogens with zero attached hydrogens (tertiary/aromatic N) is 2. The third-order valence-electron chi connectivity index (χ3n) is 10.3. The van der Waals surface area contributed by atoms with Gasteiger partial charge < -0.3 is 15.0 Å². The number of amides is 1. The molecule has 0 unspecified atom stereocenters. The lowest BCUT2D eigenvalue weighted by Crippen LogP contribution is -2.36. The Balaban J connectivity index is 1.04. The Labute approximate surface area is 290 Å². The van der Waals surface area contributed by atoms with E-state index in [1.807, 2.05) is 30.3 Å². The maximum atomic E-state index is 13.7. The minimum absolute atomic E-state index is 0.123. The molecule has 6 nitrogen and oxygen atoms in total. The molecular weight excluding hydrogens is 627 g/mol. The van der Waals surface area contributed by atoms with Crippen molar-refractivity contribution < 1.29 is 9.90 Å². The normalized spacial score (nSPS) is 16.0. The SMILES string of the molecule is CC(C)c1cccc(-c2cccc([C@@H](O)C(=O)N3CCCc4nc(C5(c6cccc(-c7csc8ccccc78)c6)CC5)[nH]c(=O)c4C3)c2)c1. The van der Waals surface area contributed by atoms with Gasteiger partial charge in [-0.25, -0.2) is 4.98 Å². The van der Waals surface area contributed by atoms with Gasteiger partial charge in [-0.05, 0) is 82.5 Å². The van der Waals surface area contributed by atoms with Crippen LogP contribution in [0.2, 0.25) is 0 Å². The highest BCUT2D eigenvalue weighted by atomic mass is 32.1. The van der Waals surface area contributed by atoms with Crippen molar-refractivity contribution in [2.24, 2.45) is 0 Å². The van der Waals surface area contributed by atoms with E-state index >= 15 is 0 Å². The zero-order valence-corrected chi connectivity index (χ0v) is 28.6. The second kappa shape index (κ2) is 12.6. The molecule has 1 aliphatic heterocycles. The summed E-state index contributed by atoms with van der Waals surface area (Å²) in [5.41, 5.74) is 8.05. The standard InChI is InChI=1S/C42H39N3O3S/c1-26(2)27-9-5-10-28(21-27)29-11-6-13-31(22-29)38(46)40(48)45-20-8-16-36-34(24-45)39(47)44-41(43-36)42(18-19-42)32-14-7-12-30(23-32)35-25-49-37-17-4-3-15-33(35)37/h3-7,9-15,17,21-23,25-26,38,46H,8,16,18-20,24H2,1-2H3,(H,43,44,47)/t38-/m1/s1. The molecule has 0 bridgehead atoms. The maximum absolute atomic E-state index is 13.7. The van der Waals surface area contributed by atoms with Crippen molar-refractivity contribution in [2.45, 2.75) is 63.5 Å². The van der Waals surface area contributed by atoms with Crippen molar-refractivity contribution in [2.75, 3.05) is 6.54 Å². The number of rotatable bonds is 7. The molecule has 1 atom stereocenters. The second-order valence-electron chi connectivity index (χ2n) is 13.8. The fourth-order valence-electron chi connectivity index (χ4n) is 7.29. The molecule has 1 amide bonds. The smallest absolute Gasteiger partial charge is 0.256 e. The van der Waals surface area contributed by atoms with E-state index in [0.29, 0.717) is 42.3 Å². The van der Waals surface area contributed by atoms with E-state index in [-0.39, 0.29) is 17.5 Å². The molecule has 1 aliphatic carbocycles. The van der Waals surface area contributed by atoms with Gasteiger partial charge in [0.2, 0.25) is 0 Å². The van der Waals surface area contributed by atoms with Crippen LogP contribution >= 0.6 is 11.3 Å². The van der Waals surface area contributed by atoms with Gasteiger partial charge in [-0.15, -0.1) is 11.3 Å². The fraction of sp³-hybridized carbons (Fsp3) is 0.262. The highest BCUT2D eigenvalue weighted by Gasteiger charge is 2.49. The first-order valence-corrected chi connectivity index (χ1v) is 18.1. The third kappa shape index (κ3) is 5.81. The molecule has 0 spiro atoms. The molecule has 7 heteroatoms. The quantitative estimate of drug-likeness (QED) is 0.179. The predicted octanol–water partition coefficient (Wildman–Crippen LogP) is 8.53. The highest BCUT2D eigenvalue weighted by molar-refractivity contribution is 7.17. The van der Waals surface area contributed by atoms with Crippen molar-refractivity contribution >= 4 is 27.3 Å². The van der Waals surface area contributed by atoms with Gasteiger partial charge in [0.1, 0.15) is 5.82 Å². The Morgan fingerprint density at radius 2 is 1.61 bits per heavy atom. The molecule has 246 valence electrons. The minimum atomic E-state index is -1.33. The number of hydrogen-bond acceptors (Lipinski definition) is 5. The minimum Gasteiger partial charge on any atom is -0.378 e. The van der Waals surface area contributed by atoms with Gasteiger partial charge >= 0.3 is 0 Å². The topological polar surface area (TPSA) is 86.3 Å². The van der Waals surface area contributed by atoms with Gasteiger partial charge in [0.25, 0.3) is 11.5 Å². The summed E-state index contributed by atoms with van der Waals surface area (Å²) in [5, 5.41) is 14.8. The Bertz CT molecular complexity index is 2260. The number of fused-ring (bicyclic) bond motifs is 2. The summed E-state index contributed by atoms with van der Waals surface area (Å²) in [7, 11) is 0. The van der Waals surface area contributed by atoms with E-state index in [4.69, 9.17) is 4.98 Å². The summed E-state index contributed by atoms with van der Waals surface area (Å²) >= 11 is 1.75. The number of aliphatic hydroxyl groups is 1. The third-order valence-corrected chi connectivity index (χ3v) is 11.3. The molecule has 2 aliphatic rings. The Hall–Kier alpha value is -4.85. The largest absolute Gasteiger partial charge is 0.378 e. The van der Waals surface area contributed by atoms with E-state index in [1.165, 1.54) is 26.8 Å². The van der Waals surface area contributed by atoms with Crippen LogP contribution in [-0.4, -0.2) is 32.4 Å². The van der Waals surface area contributed by atoms with Crippen LogP contribution in [0.5, 0.6) is 0 Å². The predicted molar refractivity (Wildman–Crippen MR) is 197 cm³/mol. The Morgan fingerprint density at radius 1 is 0.898 bits per heavy atom. The number of benzene rings is 4. The molecule has 2 N–H and O–H groups in total. The maximum Gasteiger partial charge on any atom is 0.256 e. The van der Waals surface area contributed by atoms with Gasteiger partial charge in [0, 0.05) is 22.2 Å². The first-order chi connectivity index (χ1) is 23.8. The number of hydrogen-bond donors (Lipinski definition) is 2. The second-order valence-corrected chi connectivity index (χ2v) is 14.7. The highest BCUT2D eigenvalue weighted by Crippen LogP contribution is 2.53. The van der Waals surface area contributed by atoms with E-state index in [9.17, 15) is 14.7 Å². The van der Waals surface area contributed by atoms with Crippen LogP contribution in [0.4, 0.5) is 0 Å². The van der Waals surface area contributed by atoms with Gasteiger partial charge in [-0.3, -0.25) is 9.59 Å². The Morgan fingerprint density at radius 3 is 2.39 bits per heavy atom. The molecule has 6 aromatic rings. The van der Waals surface area contributed by atoms with Crippen LogP contribution in [0, 0.1) is 0 Å². The number of carbonyl (C=O) groups is 1. The molecular formula is C42H39N3O3S. The van der Waals surface area contributed by atoms with E-state index in [1.54, 1.807) is 22.3 Å². The molecule has 49 heavy (non-hydrogen) atoms. The molecule has 1 saturated carbocycles. The number of nitrogens with one attached hydrogen (secondary N) is 1. The molecule has 3 heterocycles. The number of thiophene rings is 1. The summed E-state index contributed by atoms with van der Waals surface area (Å²) in [4.78, 5) is 37.3. The summed E-state index contributed by atoms with van der Waals surface area (Å²) in [6.07, 6.45) is 1.77. The van der Waals surface area contributed by atoms with Gasteiger partial charge in [0.05, 0.1) is 23.2 Å². The van der Waals surface area contributed by atoms with Crippen molar-refractivity contribution in [3.8, 4) is 22.3 Å². The van der Waals surface area contributed by atoms with Gasteiger partial charge in [0.15, 0.2) is 6.10 Å². The van der Waals surface area contributed by atoms with Crippen molar-refractivity contribution in [3.63, 3.8) is 0 Å². The average Bonchev–Trinajstić information content (AvgIpc) is 3.88. The van der Waals surface area contributed by atoms with E-state index < -0.39 is 12.0 Å². The first kappa shape index (κ1) is 31.4. The Kier molecular flexibility index (Phi) is 8.05. The fourth-order valence-corrected chi connectivity index (χ4v) is 8.26. The summed E-state index contributed by atoms with van der Waals surface area (Å²) in [6, 6.07) is 33.0. The zero-order valence-electron chi connectivity index (χ0n) is 27.8. The van der Waals surface area contributed by atoms with E-state index in [0.717, 1.165) is 35.2 Å². The number of aromatic amines is 1. The van der Waals surface area contributed by atoms with Crippen LogP contribution in [0.25, 0.3) is 32.3 Å². The van der Waals surface area contributed by atoms with Gasteiger partial charge in [-0.1, -0.05) is 98.8 Å². The monoisotopic (exact) mass is 665 g/mol. The van der Waals surface area contributed by atoms with Crippen LogP contribution < -0.4 is 5.56 Å². The van der Waals surface area contributed by atoms with Crippen molar-refractivity contribution in [1.29, 1.82) is 0 Å². The lowest BCUT2D eigenvalue weighted by molar-refractivity contribution is -0.141. The molecule has 2 aromatic heterocycles. The number of H-pyrrole nitrogens is 1. The lowest BCUT2D eigenvalue weighted by atomic mass is 9.91. The van der Waals surface area contributed by atoms with Gasteiger partial charge in [-0.2, -0.15) is 0 Å². The molecule has 0 saturated heterocycles. The number of aromatic nitrogens is 2. The van der Waals surface area contributed by atoms with E-state index in [2.05, 4.69) is 84.9 Å². The molecule has 4 aromatic carbocycles. The van der Waals surface area contributed by atoms with Crippen LogP contribution in [0.3, 0.4) is 0 Å². The van der Waals surface area contributed by atoms with Crippen molar-refractivity contribution in [3.05, 3.63) is 147 Å². The number of aliphatic hydroxyl groups excluding tert-OH is 1. The lowest BCUT2D eigenvalue weighted by Gasteiger charge is -2.24. The zero-order chi connectivity index (χ0) is 33.7. The van der Waals surface area contributed by atoms with Crippen molar-refractivity contribution in [1.82, 2.24) is 14.9 Å². The van der Waals surface area contributed by atoms with Crippen LogP contribution in [0.15, 0.2) is 107 Å². The summed E-state index contributed by atoms with van der Waals surface area (Å²) < 4.78 is 1.27. The van der Waals surface area contributed by atoms with Crippen LogP contribution in [-0.2, 0) is 23.2 Å². The number of aryl methyl sites for hydroxylation is 1. The average molecular weight is 666 g/mol. The molecule has 8 rings (SSSR count). The number of carbonyl (C=O) groups excluding carboxylic acids is 1. The molecule has 0 radical (unpaired) electrons. The molecule has 1 fully saturated rings. The van der Waals surface area contributed by atoms with Crippen LogP contribution in [0.1, 0.15) is 78.9 Å².